The van der Waals surface area contributed by atoms with E-state index < -0.39 is 0 Å². The largest absolute Gasteiger partial charge is 0.257 e. The first kappa shape index (κ1) is 10.5. The number of aryl methyl sites for hydroxylation is 3. The van der Waals surface area contributed by atoms with Gasteiger partial charge in [-0.1, -0.05) is 0 Å². The van der Waals surface area contributed by atoms with Crippen molar-refractivity contribution in [1.29, 1.82) is 0 Å². The van der Waals surface area contributed by atoms with E-state index in [-0.39, 0.29) is 0 Å². The van der Waals surface area contributed by atoms with Crippen LogP contribution in [0.1, 0.15) is 33.6 Å². The Morgan fingerprint density at radius 2 is 1.82 bits per heavy atom. The van der Waals surface area contributed by atoms with Crippen LogP contribution in [-0.4, -0.2) is 9.97 Å². The first-order valence-corrected chi connectivity index (χ1v) is 6.00. The van der Waals surface area contributed by atoms with Gasteiger partial charge in [0.25, 0.3) is 0 Å². The van der Waals surface area contributed by atoms with E-state index in [1.165, 1.54) is 33.5 Å². The quantitative estimate of drug-likeness (QED) is 0.585. The summed E-state index contributed by atoms with van der Waals surface area (Å²) in [6, 6.07) is 2.23. The number of aromatic nitrogens is 2. The van der Waals surface area contributed by atoms with E-state index in [1.54, 1.807) is 0 Å². The third kappa shape index (κ3) is 1.40. The van der Waals surface area contributed by atoms with Crippen molar-refractivity contribution in [2.75, 3.05) is 0 Å². The zero-order valence-electron chi connectivity index (χ0n) is 10.8. The van der Waals surface area contributed by atoms with Crippen molar-refractivity contribution in [2.45, 2.75) is 34.1 Å². The lowest BCUT2D eigenvalue weighted by molar-refractivity contribution is 1.04. The maximum absolute atomic E-state index is 4.70. The predicted octanol–water partition coefficient (Wildman–Crippen LogP) is 3.28. The topological polar surface area (TPSA) is 25.8 Å². The number of rotatable bonds is 0. The molecule has 2 aromatic rings. The molecule has 3 rings (SSSR count). The van der Waals surface area contributed by atoms with Crippen LogP contribution in [0.2, 0.25) is 0 Å². The van der Waals surface area contributed by atoms with Crippen molar-refractivity contribution in [1.82, 2.24) is 9.97 Å². The normalized spacial score (nSPS) is 12.5. The van der Waals surface area contributed by atoms with Gasteiger partial charge in [0.2, 0.25) is 0 Å². The first-order valence-electron chi connectivity index (χ1n) is 6.00. The van der Waals surface area contributed by atoms with Crippen LogP contribution in [0.3, 0.4) is 0 Å². The summed E-state index contributed by atoms with van der Waals surface area (Å²) in [4.78, 5) is 9.29. The van der Waals surface area contributed by atoms with E-state index in [0.717, 1.165) is 17.8 Å². The second kappa shape index (κ2) is 3.39. The maximum atomic E-state index is 4.70. The van der Waals surface area contributed by atoms with Gasteiger partial charge in [0.15, 0.2) is 0 Å². The van der Waals surface area contributed by atoms with Crippen LogP contribution in [0, 0.1) is 27.7 Å². The molecule has 0 atom stereocenters. The molecule has 2 heterocycles. The van der Waals surface area contributed by atoms with Crippen molar-refractivity contribution >= 4 is 0 Å². The molecular weight excluding hydrogens is 208 g/mol. The Labute approximate surface area is 102 Å². The predicted molar refractivity (Wildman–Crippen MR) is 69.2 cm³/mol. The summed E-state index contributed by atoms with van der Waals surface area (Å²) >= 11 is 0. The minimum absolute atomic E-state index is 0.937. The van der Waals surface area contributed by atoms with Crippen LogP contribution < -0.4 is 0 Å². The third-order valence-electron chi connectivity index (χ3n) is 3.86. The lowest BCUT2D eigenvalue weighted by Gasteiger charge is -2.06. The number of fused-ring (bicyclic) bond motifs is 3. The molecular formula is C15H16N2. The molecule has 2 aromatic heterocycles. The van der Waals surface area contributed by atoms with Crippen LogP contribution >= 0.6 is 0 Å². The van der Waals surface area contributed by atoms with E-state index in [4.69, 9.17) is 4.98 Å². The maximum Gasteiger partial charge on any atom is 0.0759 e. The summed E-state index contributed by atoms with van der Waals surface area (Å²) in [5.74, 6) is 0. The summed E-state index contributed by atoms with van der Waals surface area (Å²) in [6.45, 7) is 8.49. The molecule has 0 saturated carbocycles. The molecule has 2 heteroatoms. The molecule has 0 radical (unpaired) electrons. The minimum Gasteiger partial charge on any atom is -0.257 e. The fraction of sp³-hybridized carbons (Fsp3) is 0.333. The molecule has 0 saturated heterocycles. The Kier molecular flexibility index (Phi) is 2.09. The lowest BCUT2D eigenvalue weighted by atomic mass is 10.0. The van der Waals surface area contributed by atoms with E-state index in [9.17, 15) is 0 Å². The highest BCUT2D eigenvalue weighted by Crippen LogP contribution is 2.37. The van der Waals surface area contributed by atoms with Gasteiger partial charge in [0.1, 0.15) is 0 Å². The Morgan fingerprint density at radius 3 is 2.59 bits per heavy atom. The van der Waals surface area contributed by atoms with Crippen LogP contribution in [0.4, 0.5) is 0 Å². The van der Waals surface area contributed by atoms with Crippen molar-refractivity contribution in [2.24, 2.45) is 0 Å². The highest BCUT2D eigenvalue weighted by molar-refractivity contribution is 5.74. The Morgan fingerprint density at radius 1 is 1.06 bits per heavy atom. The van der Waals surface area contributed by atoms with Gasteiger partial charge in [0.05, 0.1) is 11.4 Å². The fourth-order valence-corrected chi connectivity index (χ4v) is 2.46. The molecule has 0 N–H and O–H groups in total. The van der Waals surface area contributed by atoms with Crippen LogP contribution in [0.25, 0.3) is 11.3 Å². The van der Waals surface area contributed by atoms with Gasteiger partial charge in [0, 0.05) is 23.9 Å². The number of hydrogen-bond acceptors (Lipinski definition) is 2. The highest BCUT2D eigenvalue weighted by Gasteiger charge is 2.23. The summed E-state index contributed by atoms with van der Waals surface area (Å²) < 4.78 is 0. The van der Waals surface area contributed by atoms with Crippen molar-refractivity contribution < 1.29 is 0 Å². The average Bonchev–Trinajstić information content (AvgIpc) is 2.63. The molecule has 17 heavy (non-hydrogen) atoms. The monoisotopic (exact) mass is 224 g/mol. The van der Waals surface area contributed by atoms with Gasteiger partial charge in [-0.25, -0.2) is 0 Å². The second-order valence-corrected chi connectivity index (χ2v) is 4.96. The van der Waals surface area contributed by atoms with Gasteiger partial charge in [-0.3, -0.25) is 9.97 Å². The zero-order chi connectivity index (χ0) is 12.2. The molecule has 1 aliphatic carbocycles. The molecule has 86 valence electrons. The van der Waals surface area contributed by atoms with Gasteiger partial charge < -0.3 is 0 Å². The van der Waals surface area contributed by atoms with Crippen molar-refractivity contribution in [3.8, 4) is 11.3 Å². The molecule has 2 nitrogen and oxygen atoms in total. The second-order valence-electron chi connectivity index (χ2n) is 4.96. The van der Waals surface area contributed by atoms with Gasteiger partial charge in [-0.15, -0.1) is 0 Å². The summed E-state index contributed by atoms with van der Waals surface area (Å²) in [7, 11) is 0. The van der Waals surface area contributed by atoms with Crippen LogP contribution in [0.15, 0.2) is 12.3 Å². The van der Waals surface area contributed by atoms with Crippen molar-refractivity contribution in [3.05, 3.63) is 45.9 Å². The fourth-order valence-electron chi connectivity index (χ4n) is 2.46. The summed E-state index contributed by atoms with van der Waals surface area (Å²) in [5, 5.41) is 0. The zero-order valence-corrected chi connectivity index (χ0v) is 10.8. The van der Waals surface area contributed by atoms with Crippen LogP contribution in [-0.2, 0) is 6.42 Å². The highest BCUT2D eigenvalue weighted by atomic mass is 14.8. The average molecular weight is 224 g/mol. The summed E-state index contributed by atoms with van der Waals surface area (Å²) in [6.07, 6.45) is 2.91. The van der Waals surface area contributed by atoms with Gasteiger partial charge >= 0.3 is 0 Å². The van der Waals surface area contributed by atoms with E-state index in [0.29, 0.717) is 0 Å². The number of hydrogen-bond donors (Lipinski definition) is 0. The first-order chi connectivity index (χ1) is 8.08. The van der Waals surface area contributed by atoms with Crippen molar-refractivity contribution in [3.63, 3.8) is 0 Å². The molecule has 0 spiro atoms. The van der Waals surface area contributed by atoms with E-state index in [2.05, 4.69) is 38.7 Å². The molecule has 0 bridgehead atoms. The molecule has 0 unspecified atom stereocenters. The molecule has 0 amide bonds. The SMILES string of the molecule is Cc1cc2c(nc1C)Cc1c-2ncc(C)c1C. The number of pyridine rings is 2. The standard InChI is InChI=1S/C15H16N2/c1-8-5-13-14(17-11(8)4)6-12-10(3)9(2)7-16-15(12)13/h5,7H,6H2,1-4H3. The van der Waals surface area contributed by atoms with E-state index in [1.807, 2.05) is 6.20 Å². The summed E-state index contributed by atoms with van der Waals surface area (Å²) in [5.41, 5.74) is 9.92. The molecule has 0 fully saturated rings. The van der Waals surface area contributed by atoms with E-state index >= 15 is 0 Å². The lowest BCUT2D eigenvalue weighted by Crippen LogP contribution is -1.93. The minimum atomic E-state index is 0.937. The Balaban J connectivity index is 2.29. The molecule has 0 aliphatic heterocycles. The smallest absolute Gasteiger partial charge is 0.0759 e. The van der Waals surface area contributed by atoms with Crippen LogP contribution in [0.5, 0.6) is 0 Å². The van der Waals surface area contributed by atoms with Gasteiger partial charge in [-0.05, 0) is 56.0 Å². The Bertz CT molecular complexity index is 627. The Hall–Kier alpha value is -1.70. The number of nitrogens with zero attached hydrogens (tertiary/aromatic N) is 2. The third-order valence-corrected chi connectivity index (χ3v) is 3.86. The molecule has 1 aliphatic rings. The molecule has 0 aromatic carbocycles. The van der Waals surface area contributed by atoms with Gasteiger partial charge in [-0.2, -0.15) is 0 Å².